The maximum Gasteiger partial charge on any atom is 0.131 e. The summed E-state index contributed by atoms with van der Waals surface area (Å²) >= 11 is 9.40. The lowest BCUT2D eigenvalue weighted by molar-refractivity contribution is 1.28. The van der Waals surface area contributed by atoms with E-state index in [4.69, 9.17) is 11.6 Å². The first-order valence-corrected chi connectivity index (χ1v) is 6.69. The number of nitrogens with one attached hydrogen (secondary N) is 1. The van der Waals surface area contributed by atoms with Crippen molar-refractivity contribution in [2.75, 3.05) is 5.32 Å². The fourth-order valence-corrected chi connectivity index (χ4v) is 2.45. The van der Waals surface area contributed by atoms with Crippen molar-refractivity contribution in [3.63, 3.8) is 0 Å². The van der Waals surface area contributed by atoms with Gasteiger partial charge in [0.15, 0.2) is 0 Å². The minimum absolute atomic E-state index is 0.446. The van der Waals surface area contributed by atoms with E-state index in [2.05, 4.69) is 36.2 Å². The molecule has 0 aliphatic rings. The third-order valence-corrected chi connectivity index (χ3v) is 3.59. The Morgan fingerprint density at radius 2 is 1.84 bits per heavy atom. The Morgan fingerprint density at radius 3 is 2.68 bits per heavy atom. The molecule has 94 valence electrons. The topological polar surface area (TPSA) is 50.7 Å². The maximum atomic E-state index is 5.86. The van der Waals surface area contributed by atoms with E-state index in [1.165, 1.54) is 0 Å². The monoisotopic (exact) mass is 334 g/mol. The number of hydrogen-bond donors (Lipinski definition) is 1. The van der Waals surface area contributed by atoms with Crippen LogP contribution in [-0.2, 0) is 0 Å². The summed E-state index contributed by atoms with van der Waals surface area (Å²) < 4.78 is 0.867. The van der Waals surface area contributed by atoms with Gasteiger partial charge in [-0.25, -0.2) is 4.98 Å². The average Bonchev–Trinajstić information content (AvgIpc) is 2.42. The van der Waals surface area contributed by atoms with Crippen LogP contribution in [0.15, 0.2) is 47.3 Å². The number of hydrogen-bond acceptors (Lipinski definition) is 4. The molecular formula is C13H8BrClN4. The molecule has 1 N–H and O–H groups in total. The highest BCUT2D eigenvalue weighted by molar-refractivity contribution is 9.10. The number of nitrogens with zero attached hydrogens (tertiary/aromatic N) is 3. The van der Waals surface area contributed by atoms with Crippen molar-refractivity contribution in [1.82, 2.24) is 15.0 Å². The standard InChI is InChI=1S/C13H8BrClN4/c14-12-9(19-8-3-4-17-11(15)7-8)1-2-10-13(12)18-6-5-16-10/h1-7H,(H,17,19). The normalized spacial score (nSPS) is 10.6. The fourth-order valence-electron chi connectivity index (χ4n) is 1.74. The molecule has 0 aliphatic heterocycles. The summed E-state index contributed by atoms with van der Waals surface area (Å²) in [6.07, 6.45) is 4.99. The molecule has 19 heavy (non-hydrogen) atoms. The van der Waals surface area contributed by atoms with E-state index in [-0.39, 0.29) is 0 Å². The van der Waals surface area contributed by atoms with E-state index in [0.717, 1.165) is 26.9 Å². The molecule has 2 aromatic heterocycles. The van der Waals surface area contributed by atoms with Gasteiger partial charge in [0.1, 0.15) is 10.7 Å². The van der Waals surface area contributed by atoms with Gasteiger partial charge in [0.25, 0.3) is 0 Å². The first-order chi connectivity index (χ1) is 9.24. The van der Waals surface area contributed by atoms with Crippen LogP contribution in [0.5, 0.6) is 0 Å². The van der Waals surface area contributed by atoms with E-state index in [0.29, 0.717) is 5.15 Å². The Kier molecular flexibility index (Phi) is 3.31. The van der Waals surface area contributed by atoms with Crippen molar-refractivity contribution < 1.29 is 0 Å². The first-order valence-electron chi connectivity index (χ1n) is 5.52. The van der Waals surface area contributed by atoms with E-state index in [1.54, 1.807) is 24.7 Å². The van der Waals surface area contributed by atoms with Crippen molar-refractivity contribution in [2.24, 2.45) is 0 Å². The quantitative estimate of drug-likeness (QED) is 0.714. The lowest BCUT2D eigenvalue weighted by Gasteiger charge is -2.10. The van der Waals surface area contributed by atoms with Crippen LogP contribution in [-0.4, -0.2) is 15.0 Å². The second-order valence-electron chi connectivity index (χ2n) is 3.84. The second-order valence-corrected chi connectivity index (χ2v) is 5.02. The van der Waals surface area contributed by atoms with Crippen LogP contribution < -0.4 is 5.32 Å². The third kappa shape index (κ3) is 2.52. The van der Waals surface area contributed by atoms with E-state index >= 15 is 0 Å². The summed E-state index contributed by atoms with van der Waals surface area (Å²) in [5, 5.41) is 3.71. The number of halogens is 2. The molecule has 4 nitrogen and oxygen atoms in total. The minimum Gasteiger partial charge on any atom is -0.354 e. The SMILES string of the molecule is Clc1cc(Nc2ccc3nccnc3c2Br)ccn1. The average molecular weight is 336 g/mol. The molecular weight excluding hydrogens is 328 g/mol. The second kappa shape index (κ2) is 5.11. The Hall–Kier alpha value is -1.72. The zero-order valence-corrected chi connectivity index (χ0v) is 12.0. The van der Waals surface area contributed by atoms with Gasteiger partial charge in [-0.2, -0.15) is 0 Å². The van der Waals surface area contributed by atoms with Crippen molar-refractivity contribution in [1.29, 1.82) is 0 Å². The number of aromatic nitrogens is 3. The van der Waals surface area contributed by atoms with Crippen LogP contribution in [0.3, 0.4) is 0 Å². The smallest absolute Gasteiger partial charge is 0.131 e. The van der Waals surface area contributed by atoms with Crippen LogP contribution in [0.1, 0.15) is 0 Å². The molecule has 0 radical (unpaired) electrons. The number of rotatable bonds is 2. The Morgan fingerprint density at radius 1 is 1.00 bits per heavy atom. The van der Waals surface area contributed by atoms with Crippen LogP contribution in [0.25, 0.3) is 11.0 Å². The van der Waals surface area contributed by atoms with Gasteiger partial charge in [-0.1, -0.05) is 11.6 Å². The highest BCUT2D eigenvalue weighted by atomic mass is 79.9. The Balaban J connectivity index is 2.04. The van der Waals surface area contributed by atoms with Gasteiger partial charge >= 0.3 is 0 Å². The number of benzene rings is 1. The predicted octanol–water partition coefficient (Wildman–Crippen LogP) is 4.18. The van der Waals surface area contributed by atoms with Gasteiger partial charge in [-0.05, 0) is 40.2 Å². The molecule has 0 unspecified atom stereocenters. The highest BCUT2D eigenvalue weighted by Gasteiger charge is 2.07. The lowest BCUT2D eigenvalue weighted by Crippen LogP contribution is -1.94. The largest absolute Gasteiger partial charge is 0.354 e. The molecule has 3 aromatic rings. The zero-order chi connectivity index (χ0) is 13.2. The summed E-state index contributed by atoms with van der Waals surface area (Å²) in [6.45, 7) is 0. The van der Waals surface area contributed by atoms with E-state index in [1.807, 2.05) is 18.2 Å². The molecule has 0 bridgehead atoms. The van der Waals surface area contributed by atoms with Crippen LogP contribution in [0.4, 0.5) is 11.4 Å². The van der Waals surface area contributed by atoms with Gasteiger partial charge in [0.2, 0.25) is 0 Å². The number of pyridine rings is 1. The summed E-state index contributed by atoms with van der Waals surface area (Å²) in [5.41, 5.74) is 3.42. The van der Waals surface area contributed by atoms with Crippen LogP contribution in [0.2, 0.25) is 5.15 Å². The van der Waals surface area contributed by atoms with Crippen molar-refractivity contribution in [3.05, 3.63) is 52.5 Å². The van der Waals surface area contributed by atoms with Gasteiger partial charge in [-0.15, -0.1) is 0 Å². The molecule has 3 rings (SSSR count). The van der Waals surface area contributed by atoms with Crippen molar-refractivity contribution >= 4 is 49.9 Å². The minimum atomic E-state index is 0.446. The lowest BCUT2D eigenvalue weighted by atomic mass is 10.2. The first kappa shape index (κ1) is 12.3. The Bertz CT molecular complexity index is 748. The molecule has 0 aliphatic carbocycles. The van der Waals surface area contributed by atoms with E-state index < -0.39 is 0 Å². The summed E-state index contributed by atoms with van der Waals surface area (Å²) in [5.74, 6) is 0. The summed E-state index contributed by atoms with van der Waals surface area (Å²) in [6, 6.07) is 7.46. The van der Waals surface area contributed by atoms with Gasteiger partial charge in [0.05, 0.1) is 15.7 Å². The molecule has 0 saturated heterocycles. The summed E-state index contributed by atoms with van der Waals surface area (Å²) in [4.78, 5) is 12.5. The molecule has 2 heterocycles. The Labute approximate surface area is 123 Å². The zero-order valence-electron chi connectivity index (χ0n) is 9.64. The molecule has 0 amide bonds. The van der Waals surface area contributed by atoms with E-state index in [9.17, 15) is 0 Å². The predicted molar refractivity (Wildman–Crippen MR) is 79.8 cm³/mol. The molecule has 0 saturated carbocycles. The number of anilines is 2. The molecule has 0 fully saturated rings. The van der Waals surface area contributed by atoms with Gasteiger partial charge < -0.3 is 5.32 Å². The van der Waals surface area contributed by atoms with Gasteiger partial charge in [0, 0.05) is 24.3 Å². The van der Waals surface area contributed by atoms with Crippen LogP contribution in [0, 0.1) is 0 Å². The maximum absolute atomic E-state index is 5.86. The highest BCUT2D eigenvalue weighted by Crippen LogP contribution is 2.31. The number of fused-ring (bicyclic) bond motifs is 1. The molecule has 0 spiro atoms. The molecule has 1 aromatic carbocycles. The van der Waals surface area contributed by atoms with Crippen LogP contribution >= 0.6 is 27.5 Å². The van der Waals surface area contributed by atoms with Crippen molar-refractivity contribution in [3.8, 4) is 0 Å². The van der Waals surface area contributed by atoms with Gasteiger partial charge in [-0.3, -0.25) is 9.97 Å². The molecule has 0 atom stereocenters. The summed E-state index contributed by atoms with van der Waals surface area (Å²) in [7, 11) is 0. The molecule has 6 heteroatoms. The third-order valence-electron chi connectivity index (χ3n) is 2.58. The fraction of sp³-hybridized carbons (Fsp3) is 0. The van der Waals surface area contributed by atoms with Crippen molar-refractivity contribution in [2.45, 2.75) is 0 Å².